The number of nitrogens with zero attached hydrogens (tertiary/aromatic N) is 1. The minimum absolute atomic E-state index is 0.104. The Morgan fingerprint density at radius 2 is 1.96 bits per heavy atom. The van der Waals surface area contributed by atoms with E-state index in [0.29, 0.717) is 35.8 Å². The van der Waals surface area contributed by atoms with Crippen molar-refractivity contribution < 1.29 is 23.4 Å². The van der Waals surface area contributed by atoms with Gasteiger partial charge in [-0.25, -0.2) is 9.18 Å². The molecule has 2 aromatic carbocycles. The Hall–Kier alpha value is -2.80. The highest BCUT2D eigenvalue weighted by Crippen LogP contribution is 2.29. The molecule has 0 aromatic heterocycles. The summed E-state index contributed by atoms with van der Waals surface area (Å²) in [4.78, 5) is 14.0. The monoisotopic (exact) mass is 360 g/mol. The van der Waals surface area contributed by atoms with Crippen LogP contribution in [0.2, 0.25) is 0 Å². The van der Waals surface area contributed by atoms with Crippen molar-refractivity contribution in [3.8, 4) is 11.5 Å². The van der Waals surface area contributed by atoms with Crippen LogP contribution in [0.5, 0.6) is 11.5 Å². The van der Waals surface area contributed by atoms with Crippen LogP contribution in [0.25, 0.3) is 0 Å². The van der Waals surface area contributed by atoms with Crippen LogP contribution in [0, 0.1) is 5.82 Å². The average molecular weight is 360 g/mol. The largest absolute Gasteiger partial charge is 0.497 e. The molecule has 1 N–H and O–H groups in total. The van der Waals surface area contributed by atoms with Gasteiger partial charge in [0.25, 0.3) is 0 Å². The van der Waals surface area contributed by atoms with Gasteiger partial charge in [-0.3, -0.25) is 0 Å². The molecule has 7 heteroatoms. The van der Waals surface area contributed by atoms with Gasteiger partial charge in [-0.1, -0.05) is 18.2 Å². The maximum atomic E-state index is 13.6. The van der Waals surface area contributed by atoms with Crippen molar-refractivity contribution in [1.82, 2.24) is 4.90 Å². The van der Waals surface area contributed by atoms with Gasteiger partial charge in [-0.05, 0) is 18.2 Å². The van der Waals surface area contributed by atoms with E-state index in [9.17, 15) is 9.18 Å². The first kappa shape index (κ1) is 18.0. The third-order valence-corrected chi connectivity index (χ3v) is 4.22. The Bertz CT molecular complexity index is 778. The quantitative estimate of drug-likeness (QED) is 0.859. The molecule has 0 spiro atoms. The second-order valence-corrected chi connectivity index (χ2v) is 5.93. The van der Waals surface area contributed by atoms with Crippen LogP contribution in [0.3, 0.4) is 0 Å². The number of methoxy groups -OCH3 is 2. The molecule has 1 fully saturated rings. The summed E-state index contributed by atoms with van der Waals surface area (Å²) in [6, 6.07) is 11.4. The molecule has 138 valence electrons. The van der Waals surface area contributed by atoms with Crippen molar-refractivity contribution in [2.24, 2.45) is 0 Å². The fourth-order valence-electron chi connectivity index (χ4n) is 2.64. The standard InChI is InChI=1S/C19H21FN2O4/c1-24-14-7-8-18(25-2)17(9-14)21-19(23)22-10-15(11-22)26-12-13-5-3-4-6-16(13)20/h3-9,15H,10-12H2,1-2H3,(H,21,23). The molecule has 0 saturated carbocycles. The van der Waals surface area contributed by atoms with Gasteiger partial charge in [-0.15, -0.1) is 0 Å². The van der Waals surface area contributed by atoms with E-state index in [2.05, 4.69) is 5.32 Å². The lowest BCUT2D eigenvalue weighted by Gasteiger charge is -2.38. The number of benzene rings is 2. The molecule has 2 amide bonds. The summed E-state index contributed by atoms with van der Waals surface area (Å²) in [6.45, 7) is 1.09. The molecular weight excluding hydrogens is 339 g/mol. The molecule has 6 nitrogen and oxygen atoms in total. The SMILES string of the molecule is COc1ccc(OC)c(NC(=O)N2CC(OCc3ccccc3F)C2)c1. The molecule has 0 unspecified atom stereocenters. The second kappa shape index (κ2) is 8.05. The smallest absolute Gasteiger partial charge is 0.322 e. The van der Waals surface area contributed by atoms with E-state index in [0.717, 1.165) is 0 Å². The van der Waals surface area contributed by atoms with Crippen LogP contribution in [-0.4, -0.2) is 44.3 Å². The van der Waals surface area contributed by atoms with Gasteiger partial charge in [0.05, 0.1) is 45.7 Å². The molecule has 0 aliphatic carbocycles. The number of likely N-dealkylation sites (tertiary alicyclic amines) is 1. The van der Waals surface area contributed by atoms with Crippen LogP contribution < -0.4 is 14.8 Å². The number of hydrogen-bond donors (Lipinski definition) is 1. The minimum atomic E-state index is -0.286. The highest BCUT2D eigenvalue weighted by atomic mass is 19.1. The summed E-state index contributed by atoms with van der Waals surface area (Å²) < 4.78 is 29.6. The van der Waals surface area contributed by atoms with Crippen molar-refractivity contribution in [2.45, 2.75) is 12.7 Å². The van der Waals surface area contributed by atoms with Crippen molar-refractivity contribution in [3.05, 3.63) is 53.8 Å². The lowest BCUT2D eigenvalue weighted by molar-refractivity contribution is -0.0428. The fourth-order valence-corrected chi connectivity index (χ4v) is 2.64. The van der Waals surface area contributed by atoms with Crippen molar-refractivity contribution in [1.29, 1.82) is 0 Å². The summed E-state index contributed by atoms with van der Waals surface area (Å²) in [5, 5.41) is 2.81. The van der Waals surface area contributed by atoms with Gasteiger partial charge in [-0.2, -0.15) is 0 Å². The summed E-state index contributed by atoms with van der Waals surface area (Å²) in [7, 11) is 3.09. The lowest BCUT2D eigenvalue weighted by atomic mass is 10.1. The Morgan fingerprint density at radius 1 is 1.19 bits per heavy atom. The predicted octanol–water partition coefficient (Wildman–Crippen LogP) is 3.28. The maximum Gasteiger partial charge on any atom is 0.322 e. The van der Waals surface area contributed by atoms with Crippen LogP contribution >= 0.6 is 0 Å². The van der Waals surface area contributed by atoms with E-state index < -0.39 is 0 Å². The Kier molecular flexibility index (Phi) is 5.58. The highest BCUT2D eigenvalue weighted by Gasteiger charge is 2.32. The first-order chi connectivity index (χ1) is 12.6. The number of hydrogen-bond acceptors (Lipinski definition) is 4. The van der Waals surface area contributed by atoms with Gasteiger partial charge in [0.15, 0.2) is 0 Å². The number of carbonyl (C=O) groups is 1. The van der Waals surface area contributed by atoms with Crippen molar-refractivity contribution in [3.63, 3.8) is 0 Å². The number of halogens is 1. The third kappa shape index (κ3) is 4.05. The van der Waals surface area contributed by atoms with Crippen LogP contribution in [0.4, 0.5) is 14.9 Å². The number of rotatable bonds is 6. The summed E-state index contributed by atoms with van der Waals surface area (Å²) >= 11 is 0. The maximum absolute atomic E-state index is 13.6. The molecule has 1 heterocycles. The lowest BCUT2D eigenvalue weighted by Crippen LogP contribution is -2.56. The van der Waals surface area contributed by atoms with Gasteiger partial charge in [0, 0.05) is 11.6 Å². The van der Waals surface area contributed by atoms with Crippen LogP contribution in [-0.2, 0) is 11.3 Å². The molecule has 1 aliphatic rings. The van der Waals surface area contributed by atoms with E-state index in [4.69, 9.17) is 14.2 Å². The number of nitrogens with one attached hydrogen (secondary N) is 1. The summed E-state index contributed by atoms with van der Waals surface area (Å²) in [5.74, 6) is 0.884. The topological polar surface area (TPSA) is 60.0 Å². The van der Waals surface area contributed by atoms with E-state index in [1.54, 1.807) is 48.4 Å². The molecule has 26 heavy (non-hydrogen) atoms. The van der Waals surface area contributed by atoms with E-state index >= 15 is 0 Å². The Balaban J connectivity index is 1.50. The van der Waals surface area contributed by atoms with Gasteiger partial charge >= 0.3 is 6.03 Å². The Morgan fingerprint density at radius 3 is 2.65 bits per heavy atom. The van der Waals surface area contributed by atoms with E-state index in [-0.39, 0.29) is 24.6 Å². The molecular formula is C19H21FN2O4. The molecule has 0 radical (unpaired) electrons. The van der Waals surface area contributed by atoms with Crippen LogP contribution in [0.15, 0.2) is 42.5 Å². The molecule has 1 saturated heterocycles. The third-order valence-electron chi connectivity index (χ3n) is 4.22. The zero-order valence-electron chi connectivity index (χ0n) is 14.7. The summed E-state index contributed by atoms with van der Waals surface area (Å²) in [5.41, 5.74) is 1.05. The zero-order valence-corrected chi connectivity index (χ0v) is 14.7. The Labute approximate surface area is 151 Å². The molecule has 3 rings (SSSR count). The first-order valence-corrected chi connectivity index (χ1v) is 8.23. The van der Waals surface area contributed by atoms with Gasteiger partial charge < -0.3 is 24.4 Å². The van der Waals surface area contributed by atoms with Gasteiger partial charge in [0.2, 0.25) is 0 Å². The number of ether oxygens (including phenoxy) is 3. The predicted molar refractivity (Wildman–Crippen MR) is 95.1 cm³/mol. The van der Waals surface area contributed by atoms with Gasteiger partial charge in [0.1, 0.15) is 17.3 Å². The number of amides is 2. The van der Waals surface area contributed by atoms with Crippen molar-refractivity contribution >= 4 is 11.7 Å². The highest BCUT2D eigenvalue weighted by molar-refractivity contribution is 5.91. The molecule has 0 bridgehead atoms. The average Bonchev–Trinajstić information content (AvgIpc) is 2.61. The van der Waals surface area contributed by atoms with Crippen molar-refractivity contribution in [2.75, 3.05) is 32.6 Å². The fraction of sp³-hybridized carbons (Fsp3) is 0.316. The minimum Gasteiger partial charge on any atom is -0.497 e. The molecule has 1 aliphatic heterocycles. The molecule has 2 aromatic rings. The number of carbonyl (C=O) groups excluding carboxylic acids is 1. The van der Waals surface area contributed by atoms with Crippen LogP contribution in [0.1, 0.15) is 5.56 Å². The molecule has 0 atom stereocenters. The second-order valence-electron chi connectivity index (χ2n) is 5.93. The number of urea groups is 1. The first-order valence-electron chi connectivity index (χ1n) is 8.23. The zero-order chi connectivity index (χ0) is 18.5. The number of anilines is 1. The van der Waals surface area contributed by atoms with E-state index in [1.165, 1.54) is 13.2 Å². The van der Waals surface area contributed by atoms with E-state index in [1.807, 2.05) is 0 Å². The summed E-state index contributed by atoms with van der Waals surface area (Å²) in [6.07, 6.45) is -0.104. The normalized spacial score (nSPS) is 13.9.